The van der Waals surface area contributed by atoms with Crippen molar-refractivity contribution < 1.29 is 13.6 Å². The molecule has 1 aromatic heterocycles. The van der Waals surface area contributed by atoms with E-state index in [1.807, 2.05) is 0 Å². The number of carbonyl (C=O) groups excluding carboxylic acids is 1. The minimum atomic E-state index is -0.418. The largest absolute Gasteiger partial charge is 0.313 e. The summed E-state index contributed by atoms with van der Waals surface area (Å²) in [6.45, 7) is 0. The molecule has 6 heteroatoms. The van der Waals surface area contributed by atoms with Crippen LogP contribution in [0.4, 0.5) is 14.7 Å². The number of hydrogen-bond donors (Lipinski definition) is 1. The zero-order chi connectivity index (χ0) is 16.4. The maximum Gasteiger partial charge on any atom is 0.257 e. The van der Waals surface area contributed by atoms with Crippen molar-refractivity contribution in [3.63, 3.8) is 0 Å². The van der Waals surface area contributed by atoms with Gasteiger partial charge in [-0.05, 0) is 36.4 Å². The van der Waals surface area contributed by atoms with E-state index >= 15 is 0 Å². The molecular formula is C17H13F2N3O. The Labute approximate surface area is 131 Å². The molecule has 1 amide bonds. The highest BCUT2D eigenvalue weighted by Crippen LogP contribution is 2.24. The van der Waals surface area contributed by atoms with E-state index in [0.717, 1.165) is 0 Å². The second kappa shape index (κ2) is 6.00. The van der Waals surface area contributed by atoms with Crippen LogP contribution in [0.3, 0.4) is 0 Å². The van der Waals surface area contributed by atoms with Crippen molar-refractivity contribution in [2.45, 2.75) is 0 Å². The average molecular weight is 313 g/mol. The molecule has 0 aliphatic rings. The highest BCUT2D eigenvalue weighted by Gasteiger charge is 2.14. The molecule has 0 unspecified atom stereocenters. The predicted molar refractivity (Wildman–Crippen MR) is 83.0 cm³/mol. The Bertz CT molecular complexity index is 857. The van der Waals surface area contributed by atoms with Gasteiger partial charge < -0.3 is 4.57 Å². The van der Waals surface area contributed by atoms with Crippen LogP contribution in [0.5, 0.6) is 0 Å². The van der Waals surface area contributed by atoms with E-state index in [-0.39, 0.29) is 11.8 Å². The van der Waals surface area contributed by atoms with Gasteiger partial charge in [0, 0.05) is 18.2 Å². The van der Waals surface area contributed by atoms with Gasteiger partial charge in [0.2, 0.25) is 5.95 Å². The molecule has 4 nitrogen and oxygen atoms in total. The van der Waals surface area contributed by atoms with Gasteiger partial charge >= 0.3 is 0 Å². The molecule has 2 aromatic carbocycles. The third-order valence-corrected chi connectivity index (χ3v) is 3.47. The third-order valence-electron chi connectivity index (χ3n) is 3.47. The highest BCUT2D eigenvalue weighted by molar-refractivity contribution is 6.03. The lowest BCUT2D eigenvalue weighted by Gasteiger charge is -2.08. The summed E-state index contributed by atoms with van der Waals surface area (Å²) >= 11 is 0. The first-order valence-corrected chi connectivity index (χ1v) is 6.90. The van der Waals surface area contributed by atoms with E-state index in [2.05, 4.69) is 10.3 Å². The van der Waals surface area contributed by atoms with Crippen LogP contribution >= 0.6 is 0 Å². The van der Waals surface area contributed by atoms with Crippen LogP contribution in [0.15, 0.2) is 54.7 Å². The van der Waals surface area contributed by atoms with Crippen molar-refractivity contribution in [1.82, 2.24) is 9.55 Å². The Morgan fingerprint density at radius 2 is 1.78 bits per heavy atom. The summed E-state index contributed by atoms with van der Waals surface area (Å²) in [6.07, 6.45) is 1.48. The van der Waals surface area contributed by atoms with Crippen LogP contribution in [0.2, 0.25) is 0 Å². The monoisotopic (exact) mass is 313 g/mol. The number of halogens is 2. The van der Waals surface area contributed by atoms with Gasteiger partial charge in [-0.25, -0.2) is 13.8 Å². The van der Waals surface area contributed by atoms with Crippen molar-refractivity contribution in [2.75, 3.05) is 5.32 Å². The van der Waals surface area contributed by atoms with Gasteiger partial charge in [0.1, 0.15) is 11.6 Å². The lowest BCUT2D eigenvalue weighted by Crippen LogP contribution is -2.15. The van der Waals surface area contributed by atoms with Crippen LogP contribution in [0, 0.1) is 11.6 Å². The van der Waals surface area contributed by atoms with Crippen molar-refractivity contribution >= 4 is 11.9 Å². The first-order valence-electron chi connectivity index (χ1n) is 6.90. The molecule has 0 fully saturated rings. The Balaban J connectivity index is 1.87. The van der Waals surface area contributed by atoms with Crippen LogP contribution in [0.25, 0.3) is 11.3 Å². The lowest BCUT2D eigenvalue weighted by atomic mass is 10.1. The fraction of sp³-hybridized carbons (Fsp3) is 0.0588. The number of anilines is 1. The zero-order valence-corrected chi connectivity index (χ0v) is 12.3. The summed E-state index contributed by atoms with van der Waals surface area (Å²) in [5, 5.41) is 2.62. The van der Waals surface area contributed by atoms with Gasteiger partial charge in [-0.3, -0.25) is 10.1 Å². The van der Waals surface area contributed by atoms with Crippen molar-refractivity contribution in [2.24, 2.45) is 7.05 Å². The average Bonchev–Trinajstić information content (AvgIpc) is 2.89. The van der Waals surface area contributed by atoms with Crippen LogP contribution in [0.1, 0.15) is 10.4 Å². The molecule has 0 atom stereocenters. The Kier molecular flexibility index (Phi) is 3.89. The number of nitrogens with zero attached hydrogens (tertiary/aromatic N) is 2. The minimum absolute atomic E-state index is 0.276. The second-order valence-electron chi connectivity index (χ2n) is 4.97. The molecule has 0 spiro atoms. The molecular weight excluding hydrogens is 300 g/mol. The van der Waals surface area contributed by atoms with Gasteiger partial charge in [0.05, 0.1) is 11.9 Å². The number of benzene rings is 2. The highest BCUT2D eigenvalue weighted by atomic mass is 19.1. The van der Waals surface area contributed by atoms with E-state index in [1.54, 1.807) is 29.8 Å². The number of nitrogens with one attached hydrogen (secondary N) is 1. The number of aromatic nitrogens is 2. The summed E-state index contributed by atoms with van der Waals surface area (Å²) in [5.74, 6) is -0.927. The zero-order valence-electron chi connectivity index (χ0n) is 12.3. The molecule has 3 rings (SSSR count). The number of amides is 1. The Hall–Kier alpha value is -3.02. The molecule has 0 saturated heterocycles. The quantitative estimate of drug-likeness (QED) is 0.803. The molecule has 0 aliphatic carbocycles. The fourth-order valence-electron chi connectivity index (χ4n) is 2.22. The number of carbonyl (C=O) groups is 1. The normalized spacial score (nSPS) is 10.6. The topological polar surface area (TPSA) is 46.9 Å². The summed E-state index contributed by atoms with van der Waals surface area (Å²) < 4.78 is 28.3. The van der Waals surface area contributed by atoms with E-state index < -0.39 is 11.7 Å². The van der Waals surface area contributed by atoms with Crippen molar-refractivity contribution in [1.29, 1.82) is 0 Å². The summed E-state index contributed by atoms with van der Waals surface area (Å²) in [6, 6.07) is 11.5. The maximum atomic E-state index is 13.9. The standard InChI is InChI=1S/C17H13F2N3O/c1-22-15(13-4-2-3-5-14(13)19)10-20-17(22)21-16(23)11-6-8-12(18)9-7-11/h2-10H,1H3,(H,20,21,23). The molecule has 116 valence electrons. The van der Waals surface area contributed by atoms with Crippen molar-refractivity contribution in [3.05, 3.63) is 71.9 Å². The first kappa shape index (κ1) is 14.9. The van der Waals surface area contributed by atoms with E-state index in [9.17, 15) is 13.6 Å². The van der Waals surface area contributed by atoms with Crippen molar-refractivity contribution in [3.8, 4) is 11.3 Å². The molecule has 3 aromatic rings. The van der Waals surface area contributed by atoms with E-state index in [0.29, 0.717) is 16.8 Å². The minimum Gasteiger partial charge on any atom is -0.313 e. The van der Waals surface area contributed by atoms with Crippen LogP contribution in [-0.2, 0) is 7.05 Å². The van der Waals surface area contributed by atoms with Gasteiger partial charge in [-0.2, -0.15) is 0 Å². The van der Waals surface area contributed by atoms with Crippen LogP contribution in [-0.4, -0.2) is 15.5 Å². The molecule has 1 N–H and O–H groups in total. The fourth-order valence-corrected chi connectivity index (χ4v) is 2.22. The number of hydrogen-bond acceptors (Lipinski definition) is 2. The Morgan fingerprint density at radius 3 is 2.48 bits per heavy atom. The molecule has 0 aliphatic heterocycles. The SMILES string of the molecule is Cn1c(-c2ccccc2F)cnc1NC(=O)c1ccc(F)cc1. The summed E-state index contributed by atoms with van der Waals surface area (Å²) in [5.41, 5.74) is 1.24. The van der Waals surface area contributed by atoms with Gasteiger partial charge in [-0.1, -0.05) is 12.1 Å². The number of rotatable bonds is 3. The molecule has 0 bridgehead atoms. The maximum absolute atomic E-state index is 13.9. The smallest absolute Gasteiger partial charge is 0.257 e. The molecule has 23 heavy (non-hydrogen) atoms. The third kappa shape index (κ3) is 2.96. The van der Waals surface area contributed by atoms with Gasteiger partial charge in [0.25, 0.3) is 5.91 Å². The summed E-state index contributed by atoms with van der Waals surface area (Å²) in [7, 11) is 1.68. The van der Waals surface area contributed by atoms with E-state index in [4.69, 9.17) is 0 Å². The predicted octanol–water partition coefficient (Wildman–Crippen LogP) is 3.62. The lowest BCUT2D eigenvalue weighted by molar-refractivity contribution is 0.102. The van der Waals surface area contributed by atoms with Gasteiger partial charge in [0.15, 0.2) is 0 Å². The molecule has 1 heterocycles. The Morgan fingerprint density at radius 1 is 1.09 bits per heavy atom. The number of imidazole rings is 1. The first-order chi connectivity index (χ1) is 11.1. The van der Waals surface area contributed by atoms with Gasteiger partial charge in [-0.15, -0.1) is 0 Å². The molecule has 0 radical (unpaired) electrons. The second-order valence-corrected chi connectivity index (χ2v) is 4.97. The van der Waals surface area contributed by atoms with Crippen LogP contribution < -0.4 is 5.32 Å². The summed E-state index contributed by atoms with van der Waals surface area (Å²) in [4.78, 5) is 16.2. The van der Waals surface area contributed by atoms with E-state index in [1.165, 1.54) is 36.5 Å². The molecule has 0 saturated carbocycles.